The number of carbonyl (C=O) groups excluding carboxylic acids is 1. The fraction of sp³-hybridized carbons (Fsp3) is 0.235. The number of ketones is 1. The Bertz CT molecular complexity index is 638. The van der Waals surface area contributed by atoms with E-state index >= 15 is 0 Å². The van der Waals surface area contributed by atoms with Gasteiger partial charge in [-0.05, 0) is 42.8 Å². The van der Waals surface area contributed by atoms with E-state index in [0.717, 1.165) is 16.9 Å². The van der Waals surface area contributed by atoms with Crippen molar-refractivity contribution >= 4 is 5.78 Å². The summed E-state index contributed by atoms with van der Waals surface area (Å²) in [5, 5.41) is 0. The Kier molecular flexibility index (Phi) is 4.95. The van der Waals surface area contributed by atoms with Crippen molar-refractivity contribution in [1.82, 2.24) is 0 Å². The van der Waals surface area contributed by atoms with Crippen molar-refractivity contribution in [3.8, 4) is 11.5 Å². The summed E-state index contributed by atoms with van der Waals surface area (Å²) in [6.45, 7) is 2.34. The molecular weight excluding hydrogens is 266 g/mol. The van der Waals surface area contributed by atoms with Gasteiger partial charge in [-0.1, -0.05) is 12.1 Å². The van der Waals surface area contributed by atoms with Gasteiger partial charge < -0.3 is 15.2 Å². The lowest BCUT2D eigenvalue weighted by atomic mass is 10.1. The number of benzene rings is 2. The van der Waals surface area contributed by atoms with Crippen LogP contribution in [0.15, 0.2) is 42.5 Å². The van der Waals surface area contributed by atoms with E-state index in [1.165, 1.54) is 6.92 Å². The standard InChI is InChI=1S/C17H19NO3/c1-12(19)14-6-7-17(20-2)15(9-14)11-21-16-5-3-4-13(8-16)10-18/h3-9H,10-11,18H2,1-2H3. The van der Waals surface area contributed by atoms with Crippen molar-refractivity contribution in [2.75, 3.05) is 7.11 Å². The summed E-state index contributed by atoms with van der Waals surface area (Å²) in [5.74, 6) is 1.47. The van der Waals surface area contributed by atoms with Gasteiger partial charge in [0, 0.05) is 17.7 Å². The predicted octanol–water partition coefficient (Wildman–Crippen LogP) is 2.94. The van der Waals surface area contributed by atoms with Crippen molar-refractivity contribution in [3.63, 3.8) is 0 Å². The molecule has 2 N–H and O–H groups in total. The number of hydrogen-bond donors (Lipinski definition) is 1. The molecule has 0 bridgehead atoms. The van der Waals surface area contributed by atoms with Crippen LogP contribution in [0.1, 0.15) is 28.4 Å². The molecule has 0 radical (unpaired) electrons. The molecule has 0 fully saturated rings. The minimum absolute atomic E-state index is 0.0176. The molecule has 0 saturated heterocycles. The van der Waals surface area contributed by atoms with Gasteiger partial charge in [-0.2, -0.15) is 0 Å². The molecule has 21 heavy (non-hydrogen) atoms. The highest BCUT2D eigenvalue weighted by Gasteiger charge is 2.08. The van der Waals surface area contributed by atoms with Gasteiger partial charge in [0.25, 0.3) is 0 Å². The molecule has 0 unspecified atom stereocenters. The highest BCUT2D eigenvalue weighted by Crippen LogP contribution is 2.23. The molecule has 0 saturated carbocycles. The maximum Gasteiger partial charge on any atom is 0.159 e. The molecule has 110 valence electrons. The minimum Gasteiger partial charge on any atom is -0.496 e. The topological polar surface area (TPSA) is 61.5 Å². The van der Waals surface area contributed by atoms with Crippen molar-refractivity contribution in [2.24, 2.45) is 5.73 Å². The van der Waals surface area contributed by atoms with Crippen LogP contribution in [0.2, 0.25) is 0 Å². The second kappa shape index (κ2) is 6.90. The highest BCUT2D eigenvalue weighted by molar-refractivity contribution is 5.94. The van der Waals surface area contributed by atoms with E-state index in [1.54, 1.807) is 25.3 Å². The summed E-state index contributed by atoms with van der Waals surface area (Å²) in [7, 11) is 1.60. The lowest BCUT2D eigenvalue weighted by Gasteiger charge is -2.12. The minimum atomic E-state index is 0.0176. The molecule has 0 aliphatic heterocycles. The third kappa shape index (κ3) is 3.83. The fourth-order valence-corrected chi connectivity index (χ4v) is 2.03. The number of hydrogen-bond acceptors (Lipinski definition) is 4. The molecule has 0 aliphatic rings. The number of Topliss-reactive ketones (excluding diaryl/α,β-unsaturated/α-hetero) is 1. The number of ether oxygens (including phenoxy) is 2. The third-order valence-corrected chi connectivity index (χ3v) is 3.22. The van der Waals surface area contributed by atoms with Crippen LogP contribution in [-0.2, 0) is 13.2 Å². The number of carbonyl (C=O) groups is 1. The Morgan fingerprint density at radius 2 is 2.00 bits per heavy atom. The molecule has 4 nitrogen and oxygen atoms in total. The summed E-state index contributed by atoms with van der Waals surface area (Å²) in [6.07, 6.45) is 0. The average Bonchev–Trinajstić information content (AvgIpc) is 2.52. The van der Waals surface area contributed by atoms with Gasteiger partial charge in [-0.25, -0.2) is 0 Å². The average molecular weight is 285 g/mol. The maximum absolute atomic E-state index is 11.5. The Labute approximate surface area is 124 Å². The summed E-state index contributed by atoms with van der Waals surface area (Å²) in [6, 6.07) is 13.0. The van der Waals surface area contributed by atoms with Gasteiger partial charge >= 0.3 is 0 Å². The highest BCUT2D eigenvalue weighted by atomic mass is 16.5. The summed E-state index contributed by atoms with van der Waals surface area (Å²) >= 11 is 0. The zero-order valence-corrected chi connectivity index (χ0v) is 12.3. The van der Waals surface area contributed by atoms with Crippen LogP contribution in [0.5, 0.6) is 11.5 Å². The van der Waals surface area contributed by atoms with E-state index in [-0.39, 0.29) is 5.78 Å². The molecule has 0 atom stereocenters. The number of methoxy groups -OCH3 is 1. The molecule has 0 amide bonds. The SMILES string of the molecule is COc1ccc(C(C)=O)cc1COc1cccc(CN)c1. The van der Waals surface area contributed by atoms with E-state index in [2.05, 4.69) is 0 Å². The van der Waals surface area contributed by atoms with Crippen molar-refractivity contribution in [3.05, 3.63) is 59.2 Å². The van der Waals surface area contributed by atoms with Crippen molar-refractivity contribution in [2.45, 2.75) is 20.1 Å². The molecule has 2 aromatic carbocycles. The van der Waals surface area contributed by atoms with Gasteiger partial charge in [0.15, 0.2) is 5.78 Å². The smallest absolute Gasteiger partial charge is 0.159 e. The molecule has 0 aliphatic carbocycles. The molecule has 0 heterocycles. The van der Waals surface area contributed by atoms with E-state index < -0.39 is 0 Å². The Morgan fingerprint density at radius 1 is 1.19 bits per heavy atom. The van der Waals surface area contributed by atoms with Crippen LogP contribution >= 0.6 is 0 Å². The normalized spacial score (nSPS) is 10.2. The Balaban J connectivity index is 2.17. The summed E-state index contributed by atoms with van der Waals surface area (Å²) < 4.78 is 11.1. The molecule has 4 heteroatoms. The van der Waals surface area contributed by atoms with E-state index in [1.807, 2.05) is 24.3 Å². The molecular formula is C17H19NO3. The first-order chi connectivity index (χ1) is 10.1. The van der Waals surface area contributed by atoms with Crippen molar-refractivity contribution < 1.29 is 14.3 Å². The van der Waals surface area contributed by atoms with E-state index in [0.29, 0.717) is 24.5 Å². The fourth-order valence-electron chi connectivity index (χ4n) is 2.03. The van der Waals surface area contributed by atoms with Gasteiger partial charge in [-0.3, -0.25) is 4.79 Å². The Morgan fingerprint density at radius 3 is 2.67 bits per heavy atom. The quantitative estimate of drug-likeness (QED) is 0.829. The predicted molar refractivity (Wildman–Crippen MR) is 81.7 cm³/mol. The molecule has 2 rings (SSSR count). The van der Waals surface area contributed by atoms with Gasteiger partial charge in [0.1, 0.15) is 18.1 Å². The second-order valence-corrected chi connectivity index (χ2v) is 4.72. The van der Waals surface area contributed by atoms with Crippen LogP contribution < -0.4 is 15.2 Å². The van der Waals surface area contributed by atoms with E-state index in [4.69, 9.17) is 15.2 Å². The first-order valence-corrected chi connectivity index (χ1v) is 6.73. The monoisotopic (exact) mass is 285 g/mol. The second-order valence-electron chi connectivity index (χ2n) is 4.72. The summed E-state index contributed by atoms with van der Waals surface area (Å²) in [4.78, 5) is 11.5. The zero-order valence-electron chi connectivity index (χ0n) is 12.3. The summed E-state index contributed by atoms with van der Waals surface area (Å²) in [5.41, 5.74) is 8.10. The van der Waals surface area contributed by atoms with Crippen LogP contribution in [0.25, 0.3) is 0 Å². The first-order valence-electron chi connectivity index (χ1n) is 6.73. The lowest BCUT2D eigenvalue weighted by Crippen LogP contribution is -2.02. The number of nitrogens with two attached hydrogens (primary N) is 1. The maximum atomic E-state index is 11.5. The van der Waals surface area contributed by atoms with Gasteiger partial charge in [-0.15, -0.1) is 0 Å². The van der Waals surface area contributed by atoms with Gasteiger partial charge in [0.2, 0.25) is 0 Å². The van der Waals surface area contributed by atoms with Crippen LogP contribution in [0, 0.1) is 0 Å². The first kappa shape index (κ1) is 15.1. The Hall–Kier alpha value is -2.33. The van der Waals surface area contributed by atoms with Crippen LogP contribution in [0.3, 0.4) is 0 Å². The molecule has 2 aromatic rings. The van der Waals surface area contributed by atoms with Gasteiger partial charge in [0.05, 0.1) is 7.11 Å². The zero-order chi connectivity index (χ0) is 15.2. The lowest BCUT2D eigenvalue weighted by molar-refractivity contribution is 0.101. The van der Waals surface area contributed by atoms with Crippen LogP contribution in [0.4, 0.5) is 0 Å². The third-order valence-electron chi connectivity index (χ3n) is 3.22. The largest absolute Gasteiger partial charge is 0.496 e. The van der Waals surface area contributed by atoms with Crippen molar-refractivity contribution in [1.29, 1.82) is 0 Å². The van der Waals surface area contributed by atoms with E-state index in [9.17, 15) is 4.79 Å². The van der Waals surface area contributed by atoms with Crippen LogP contribution in [-0.4, -0.2) is 12.9 Å². The number of rotatable bonds is 6. The molecule has 0 aromatic heterocycles. The molecule has 0 spiro atoms.